The molecular weight excluding hydrogens is 252 g/mol. The third kappa shape index (κ3) is 1.74. The van der Waals surface area contributed by atoms with Gasteiger partial charge in [-0.2, -0.15) is 0 Å². The summed E-state index contributed by atoms with van der Waals surface area (Å²) in [5.74, 6) is 0. The van der Waals surface area contributed by atoms with Gasteiger partial charge >= 0.3 is 6.09 Å². The predicted octanol–water partition coefficient (Wildman–Crippen LogP) is 2.24. The first kappa shape index (κ1) is 12.2. The second-order valence-corrected chi connectivity index (χ2v) is 6.19. The number of ether oxygens (including phenoxy) is 1. The van der Waals surface area contributed by atoms with E-state index < -0.39 is 0 Å². The van der Waals surface area contributed by atoms with Gasteiger partial charge in [-0.3, -0.25) is 9.80 Å². The highest BCUT2D eigenvalue weighted by Crippen LogP contribution is 2.40. The van der Waals surface area contributed by atoms with Gasteiger partial charge in [0.2, 0.25) is 0 Å². The summed E-state index contributed by atoms with van der Waals surface area (Å²) < 4.78 is 5.42. The zero-order valence-corrected chi connectivity index (χ0v) is 11.7. The average molecular weight is 272 g/mol. The van der Waals surface area contributed by atoms with Gasteiger partial charge in [-0.25, -0.2) is 4.79 Å². The fourth-order valence-electron chi connectivity index (χ4n) is 4.18. The summed E-state index contributed by atoms with van der Waals surface area (Å²) >= 11 is 0. The van der Waals surface area contributed by atoms with E-state index in [-0.39, 0.29) is 18.2 Å². The minimum absolute atomic E-state index is 0.0184. The third-order valence-corrected chi connectivity index (χ3v) is 5.06. The lowest BCUT2D eigenvalue weighted by molar-refractivity contribution is 0.0395. The quantitative estimate of drug-likeness (QED) is 0.827. The number of hydrogen-bond donors (Lipinski definition) is 0. The SMILES string of the molecule is C[C@@H]1OC(=O)N2C[C@@H]3CC[C@H]([C@H]12)N3Cc1ccccc1. The second-order valence-electron chi connectivity index (χ2n) is 6.19. The molecule has 2 bridgehead atoms. The number of benzene rings is 1. The van der Waals surface area contributed by atoms with E-state index >= 15 is 0 Å². The fraction of sp³-hybridized carbons (Fsp3) is 0.562. The van der Waals surface area contributed by atoms with Crippen LogP contribution < -0.4 is 0 Å². The summed E-state index contributed by atoms with van der Waals surface area (Å²) in [6, 6.07) is 11.8. The van der Waals surface area contributed by atoms with Crippen LogP contribution in [0.25, 0.3) is 0 Å². The van der Waals surface area contributed by atoms with E-state index in [0.29, 0.717) is 12.1 Å². The van der Waals surface area contributed by atoms with Crippen LogP contribution in [0.5, 0.6) is 0 Å². The molecular formula is C16H20N2O2. The molecule has 4 heteroatoms. The molecule has 0 aliphatic carbocycles. The predicted molar refractivity (Wildman–Crippen MR) is 75.2 cm³/mol. The van der Waals surface area contributed by atoms with E-state index in [1.54, 1.807) is 0 Å². The topological polar surface area (TPSA) is 32.8 Å². The molecule has 3 saturated heterocycles. The van der Waals surface area contributed by atoms with Gasteiger partial charge in [0.05, 0.1) is 6.04 Å². The van der Waals surface area contributed by atoms with Crippen LogP contribution in [0, 0.1) is 0 Å². The summed E-state index contributed by atoms with van der Waals surface area (Å²) in [6.45, 7) is 3.85. The van der Waals surface area contributed by atoms with Crippen LogP contribution in [0.3, 0.4) is 0 Å². The van der Waals surface area contributed by atoms with E-state index in [1.807, 2.05) is 11.8 Å². The van der Waals surface area contributed by atoms with Crippen LogP contribution in [0.2, 0.25) is 0 Å². The Balaban J connectivity index is 1.59. The molecule has 4 rings (SSSR count). The van der Waals surface area contributed by atoms with Crippen molar-refractivity contribution in [3.8, 4) is 0 Å². The Hall–Kier alpha value is -1.55. The minimum Gasteiger partial charge on any atom is -0.444 e. The molecule has 0 radical (unpaired) electrons. The molecule has 4 nitrogen and oxygen atoms in total. The van der Waals surface area contributed by atoms with E-state index in [2.05, 4.69) is 35.2 Å². The molecule has 0 aromatic heterocycles. The Morgan fingerprint density at radius 1 is 1.25 bits per heavy atom. The van der Waals surface area contributed by atoms with Gasteiger partial charge in [-0.1, -0.05) is 30.3 Å². The summed E-state index contributed by atoms with van der Waals surface area (Å²) in [4.78, 5) is 16.4. The molecule has 1 aromatic carbocycles. The second kappa shape index (κ2) is 4.48. The van der Waals surface area contributed by atoms with Gasteiger partial charge in [-0.15, -0.1) is 0 Å². The monoisotopic (exact) mass is 272 g/mol. The number of carbonyl (C=O) groups excluding carboxylic acids is 1. The van der Waals surface area contributed by atoms with Crippen LogP contribution in [0.1, 0.15) is 25.3 Å². The number of cyclic esters (lactones) is 1. The summed E-state index contributed by atoms with van der Waals surface area (Å²) in [6.07, 6.45) is 2.29. The molecule has 1 aromatic rings. The lowest BCUT2D eigenvalue weighted by atomic mass is 9.99. The Labute approximate surface area is 119 Å². The summed E-state index contributed by atoms with van der Waals surface area (Å²) in [5, 5.41) is 0. The molecule has 3 aliphatic rings. The lowest BCUT2D eigenvalue weighted by Gasteiger charge is -2.43. The van der Waals surface area contributed by atoms with Gasteiger partial charge in [0.15, 0.2) is 0 Å². The molecule has 0 spiro atoms. The van der Waals surface area contributed by atoms with Crippen LogP contribution in [0.15, 0.2) is 30.3 Å². The maximum atomic E-state index is 11.9. The number of piperazine rings is 1. The third-order valence-electron chi connectivity index (χ3n) is 5.06. The van der Waals surface area contributed by atoms with E-state index in [0.717, 1.165) is 13.1 Å². The van der Waals surface area contributed by atoms with Crippen molar-refractivity contribution in [3.63, 3.8) is 0 Å². The van der Waals surface area contributed by atoms with Crippen LogP contribution >= 0.6 is 0 Å². The van der Waals surface area contributed by atoms with Crippen molar-refractivity contribution in [2.75, 3.05) is 6.54 Å². The number of rotatable bonds is 2. The van der Waals surface area contributed by atoms with Crippen molar-refractivity contribution >= 4 is 6.09 Å². The number of hydrogen-bond acceptors (Lipinski definition) is 3. The van der Waals surface area contributed by atoms with Crippen LogP contribution in [-0.4, -0.2) is 46.7 Å². The largest absolute Gasteiger partial charge is 0.444 e. The summed E-state index contributed by atoms with van der Waals surface area (Å²) in [5.41, 5.74) is 1.36. The number of carbonyl (C=O) groups is 1. The van der Waals surface area contributed by atoms with Crippen molar-refractivity contribution < 1.29 is 9.53 Å². The van der Waals surface area contributed by atoms with E-state index in [4.69, 9.17) is 4.74 Å². The Morgan fingerprint density at radius 2 is 2.05 bits per heavy atom. The first-order valence-electron chi connectivity index (χ1n) is 7.51. The molecule has 20 heavy (non-hydrogen) atoms. The molecule has 3 heterocycles. The van der Waals surface area contributed by atoms with Crippen molar-refractivity contribution in [2.24, 2.45) is 0 Å². The normalized spacial score (nSPS) is 36.0. The van der Waals surface area contributed by atoms with Crippen LogP contribution in [-0.2, 0) is 11.3 Å². The molecule has 0 N–H and O–H groups in total. The number of nitrogens with zero attached hydrogens (tertiary/aromatic N) is 2. The molecule has 3 aliphatic heterocycles. The Morgan fingerprint density at radius 3 is 2.85 bits per heavy atom. The maximum absolute atomic E-state index is 11.9. The molecule has 1 amide bonds. The Kier molecular flexibility index (Phi) is 2.74. The van der Waals surface area contributed by atoms with E-state index in [9.17, 15) is 4.79 Å². The molecule has 106 valence electrons. The Bertz CT molecular complexity index is 518. The van der Waals surface area contributed by atoms with Crippen molar-refractivity contribution in [1.29, 1.82) is 0 Å². The van der Waals surface area contributed by atoms with Gasteiger partial charge in [0.1, 0.15) is 6.10 Å². The number of amides is 1. The van der Waals surface area contributed by atoms with Crippen molar-refractivity contribution in [3.05, 3.63) is 35.9 Å². The van der Waals surface area contributed by atoms with Crippen LogP contribution in [0.4, 0.5) is 4.79 Å². The first-order chi connectivity index (χ1) is 9.74. The highest BCUT2D eigenvalue weighted by Gasteiger charge is 2.54. The average Bonchev–Trinajstić information content (AvgIpc) is 2.87. The molecule has 4 atom stereocenters. The zero-order valence-electron chi connectivity index (χ0n) is 11.7. The number of fused-ring (bicyclic) bond motifs is 4. The molecule has 0 unspecified atom stereocenters. The van der Waals surface area contributed by atoms with Gasteiger partial charge < -0.3 is 4.74 Å². The fourth-order valence-corrected chi connectivity index (χ4v) is 4.18. The van der Waals surface area contributed by atoms with E-state index in [1.165, 1.54) is 18.4 Å². The minimum atomic E-state index is -0.112. The maximum Gasteiger partial charge on any atom is 0.410 e. The molecule has 3 fully saturated rings. The highest BCUT2D eigenvalue weighted by molar-refractivity contribution is 5.71. The smallest absolute Gasteiger partial charge is 0.410 e. The highest BCUT2D eigenvalue weighted by atomic mass is 16.6. The van der Waals surface area contributed by atoms with Crippen molar-refractivity contribution in [2.45, 2.75) is 50.5 Å². The molecule has 0 saturated carbocycles. The van der Waals surface area contributed by atoms with Gasteiger partial charge in [0.25, 0.3) is 0 Å². The van der Waals surface area contributed by atoms with Gasteiger partial charge in [0, 0.05) is 25.2 Å². The lowest BCUT2D eigenvalue weighted by Crippen LogP contribution is -2.59. The standard InChI is InChI=1S/C16H20N2O2/c1-11-15-14-8-7-13(10-18(15)16(19)20-11)17(14)9-12-5-3-2-4-6-12/h2-6,11,13-15H,7-10H2,1H3/t11-,13-,14+,15-/m0/s1. The summed E-state index contributed by atoms with van der Waals surface area (Å²) in [7, 11) is 0. The zero-order chi connectivity index (χ0) is 13.7. The van der Waals surface area contributed by atoms with Crippen molar-refractivity contribution in [1.82, 2.24) is 9.80 Å². The van der Waals surface area contributed by atoms with Gasteiger partial charge in [-0.05, 0) is 25.3 Å². The first-order valence-corrected chi connectivity index (χ1v) is 7.51.